The van der Waals surface area contributed by atoms with E-state index in [1.807, 2.05) is 6.07 Å². The van der Waals surface area contributed by atoms with E-state index in [0.29, 0.717) is 43.9 Å². The molecule has 0 unspecified atom stereocenters. The lowest BCUT2D eigenvalue weighted by Gasteiger charge is -2.30. The first kappa shape index (κ1) is 15.1. The van der Waals surface area contributed by atoms with Crippen LogP contribution in [0.15, 0.2) is 36.9 Å². The third kappa shape index (κ3) is 3.62. The van der Waals surface area contributed by atoms with Gasteiger partial charge in [-0.2, -0.15) is 0 Å². The van der Waals surface area contributed by atoms with Crippen molar-refractivity contribution in [1.29, 1.82) is 0 Å². The van der Waals surface area contributed by atoms with Crippen molar-refractivity contribution in [1.82, 2.24) is 4.90 Å². The number of carbonyl (C=O) groups excluding carboxylic acids is 1. The number of nitrogens with zero attached hydrogens (tertiary/aromatic N) is 1. The van der Waals surface area contributed by atoms with E-state index < -0.39 is 5.97 Å². The first-order valence-electron chi connectivity index (χ1n) is 6.98. The van der Waals surface area contributed by atoms with Crippen molar-refractivity contribution in [3.63, 3.8) is 0 Å². The van der Waals surface area contributed by atoms with E-state index in [4.69, 9.17) is 9.84 Å². The summed E-state index contributed by atoms with van der Waals surface area (Å²) < 4.78 is 5.50. The highest BCUT2D eigenvalue weighted by molar-refractivity contribution is 5.97. The van der Waals surface area contributed by atoms with Crippen LogP contribution < -0.4 is 4.74 Å². The van der Waals surface area contributed by atoms with Crippen molar-refractivity contribution in [3.05, 3.63) is 42.5 Å². The Morgan fingerprint density at radius 1 is 1.33 bits per heavy atom. The molecule has 0 aromatic heterocycles. The third-order valence-corrected chi connectivity index (χ3v) is 3.61. The van der Waals surface area contributed by atoms with Crippen LogP contribution in [0, 0.1) is 5.92 Å². The molecule has 1 aliphatic rings. The molecular formula is C16H19NO4. The van der Waals surface area contributed by atoms with Crippen molar-refractivity contribution >= 4 is 11.9 Å². The van der Waals surface area contributed by atoms with Crippen molar-refractivity contribution in [2.45, 2.75) is 12.8 Å². The Bertz CT molecular complexity index is 533. The summed E-state index contributed by atoms with van der Waals surface area (Å²) in [6.07, 6.45) is 2.62. The number of rotatable bonds is 5. The van der Waals surface area contributed by atoms with Gasteiger partial charge < -0.3 is 14.7 Å². The molecule has 0 spiro atoms. The quantitative estimate of drug-likeness (QED) is 0.844. The number of aliphatic carboxylic acids is 1. The fourth-order valence-corrected chi connectivity index (χ4v) is 2.42. The number of likely N-dealkylation sites (tertiary alicyclic amines) is 1. The van der Waals surface area contributed by atoms with E-state index in [1.165, 1.54) is 0 Å². The van der Waals surface area contributed by atoms with E-state index >= 15 is 0 Å². The summed E-state index contributed by atoms with van der Waals surface area (Å²) in [7, 11) is 0. The van der Waals surface area contributed by atoms with Crippen LogP contribution in [0.4, 0.5) is 0 Å². The van der Waals surface area contributed by atoms with E-state index in [2.05, 4.69) is 6.58 Å². The molecule has 0 radical (unpaired) electrons. The zero-order chi connectivity index (χ0) is 15.2. The number of benzene rings is 1. The Morgan fingerprint density at radius 3 is 2.62 bits per heavy atom. The standard InChI is InChI=1S/C16H19NO4/c1-2-11-21-14-6-4-3-5-13(14)15(18)17-9-7-12(8-10-17)16(19)20/h2-6,12H,1,7-11H2,(H,19,20). The van der Waals surface area contributed by atoms with Gasteiger partial charge in [0, 0.05) is 13.1 Å². The summed E-state index contributed by atoms with van der Waals surface area (Å²) >= 11 is 0. The van der Waals surface area contributed by atoms with Gasteiger partial charge in [0.25, 0.3) is 5.91 Å². The zero-order valence-corrected chi connectivity index (χ0v) is 11.8. The second-order valence-corrected chi connectivity index (χ2v) is 5.00. The van der Waals surface area contributed by atoms with E-state index in [0.717, 1.165) is 0 Å². The van der Waals surface area contributed by atoms with Crippen LogP contribution in [-0.4, -0.2) is 41.6 Å². The molecule has 1 aromatic carbocycles. The number of carboxylic acids is 1. The summed E-state index contributed by atoms with van der Waals surface area (Å²) in [6, 6.07) is 7.08. The van der Waals surface area contributed by atoms with Gasteiger partial charge in [-0.05, 0) is 25.0 Å². The number of piperidine rings is 1. The Hall–Kier alpha value is -2.30. The summed E-state index contributed by atoms with van der Waals surface area (Å²) in [6.45, 7) is 4.86. The molecule has 1 aromatic rings. The minimum Gasteiger partial charge on any atom is -0.489 e. The number of amides is 1. The number of hydrogen-bond acceptors (Lipinski definition) is 3. The third-order valence-electron chi connectivity index (χ3n) is 3.61. The van der Waals surface area contributed by atoms with E-state index in [1.54, 1.807) is 29.2 Å². The second kappa shape index (κ2) is 6.92. The highest BCUT2D eigenvalue weighted by atomic mass is 16.5. The molecule has 0 saturated carbocycles. The van der Waals surface area contributed by atoms with Crippen LogP contribution in [-0.2, 0) is 4.79 Å². The average molecular weight is 289 g/mol. The summed E-state index contributed by atoms with van der Waals surface area (Å²) in [5.74, 6) is -0.709. The Morgan fingerprint density at radius 2 is 2.00 bits per heavy atom. The SMILES string of the molecule is C=CCOc1ccccc1C(=O)N1CCC(C(=O)O)CC1. The van der Waals surface area contributed by atoms with Gasteiger partial charge in [0.05, 0.1) is 11.5 Å². The molecule has 5 heteroatoms. The molecule has 1 aliphatic heterocycles. The largest absolute Gasteiger partial charge is 0.489 e. The minimum atomic E-state index is -0.781. The van der Waals surface area contributed by atoms with E-state index in [9.17, 15) is 9.59 Å². The summed E-state index contributed by atoms with van der Waals surface area (Å²) in [4.78, 5) is 25.2. The molecule has 5 nitrogen and oxygen atoms in total. The maximum Gasteiger partial charge on any atom is 0.306 e. The van der Waals surface area contributed by atoms with E-state index in [-0.39, 0.29) is 11.8 Å². The lowest BCUT2D eigenvalue weighted by atomic mass is 9.96. The van der Waals surface area contributed by atoms with Crippen molar-refractivity contribution in [2.24, 2.45) is 5.92 Å². The molecular weight excluding hydrogens is 270 g/mol. The molecule has 1 fully saturated rings. The van der Waals surface area contributed by atoms with Crippen molar-refractivity contribution in [2.75, 3.05) is 19.7 Å². The molecule has 112 valence electrons. The normalized spacial score (nSPS) is 15.5. The van der Waals surface area contributed by atoms with Crippen LogP contribution in [0.5, 0.6) is 5.75 Å². The number of hydrogen-bond donors (Lipinski definition) is 1. The van der Waals surface area contributed by atoms with Gasteiger partial charge >= 0.3 is 5.97 Å². The molecule has 0 aliphatic carbocycles. The van der Waals surface area contributed by atoms with Crippen LogP contribution in [0.3, 0.4) is 0 Å². The molecule has 21 heavy (non-hydrogen) atoms. The Kier molecular flexibility index (Phi) is 4.98. The fraction of sp³-hybridized carbons (Fsp3) is 0.375. The predicted molar refractivity (Wildman–Crippen MR) is 78.4 cm³/mol. The average Bonchev–Trinajstić information content (AvgIpc) is 2.52. The summed E-state index contributed by atoms with van der Waals surface area (Å²) in [5.41, 5.74) is 0.508. The highest BCUT2D eigenvalue weighted by Crippen LogP contribution is 2.23. The molecule has 1 heterocycles. The van der Waals surface area contributed by atoms with Gasteiger partial charge in [0.2, 0.25) is 0 Å². The number of para-hydroxylation sites is 1. The second-order valence-electron chi connectivity index (χ2n) is 5.00. The smallest absolute Gasteiger partial charge is 0.306 e. The molecule has 1 N–H and O–H groups in total. The Labute approximate surface area is 123 Å². The summed E-state index contributed by atoms with van der Waals surface area (Å²) in [5, 5.41) is 8.99. The highest BCUT2D eigenvalue weighted by Gasteiger charge is 2.28. The van der Waals surface area contributed by atoms with Crippen LogP contribution in [0.2, 0.25) is 0 Å². The predicted octanol–water partition coefficient (Wildman–Crippen LogP) is 2.19. The van der Waals surface area contributed by atoms with Gasteiger partial charge in [-0.25, -0.2) is 0 Å². The number of carbonyl (C=O) groups is 2. The van der Waals surface area contributed by atoms with Crippen molar-refractivity contribution in [3.8, 4) is 5.75 Å². The molecule has 1 saturated heterocycles. The molecule has 1 amide bonds. The topological polar surface area (TPSA) is 66.8 Å². The molecule has 2 rings (SSSR count). The van der Waals surface area contributed by atoms with Crippen LogP contribution in [0.25, 0.3) is 0 Å². The number of ether oxygens (including phenoxy) is 1. The maximum absolute atomic E-state index is 12.5. The van der Waals surface area contributed by atoms with Gasteiger partial charge in [-0.1, -0.05) is 24.8 Å². The van der Waals surface area contributed by atoms with Crippen molar-refractivity contribution < 1.29 is 19.4 Å². The van der Waals surface area contributed by atoms with Gasteiger partial charge in [-0.3, -0.25) is 9.59 Å². The van der Waals surface area contributed by atoms with Crippen LogP contribution >= 0.6 is 0 Å². The van der Waals surface area contributed by atoms with Gasteiger partial charge in [0.1, 0.15) is 12.4 Å². The lowest BCUT2D eigenvalue weighted by Crippen LogP contribution is -2.40. The zero-order valence-electron chi connectivity index (χ0n) is 11.8. The monoisotopic (exact) mass is 289 g/mol. The minimum absolute atomic E-state index is 0.112. The van der Waals surface area contributed by atoms with Gasteiger partial charge in [0.15, 0.2) is 0 Å². The maximum atomic E-state index is 12.5. The number of carboxylic acid groups (broad SMARTS) is 1. The van der Waals surface area contributed by atoms with Crippen LogP contribution in [0.1, 0.15) is 23.2 Å². The molecule has 0 bridgehead atoms. The first-order chi connectivity index (χ1) is 10.1. The first-order valence-corrected chi connectivity index (χ1v) is 6.98. The van der Waals surface area contributed by atoms with Gasteiger partial charge in [-0.15, -0.1) is 0 Å². The molecule has 0 atom stereocenters. The Balaban J connectivity index is 2.07. The lowest BCUT2D eigenvalue weighted by molar-refractivity contribution is -0.143. The fourth-order valence-electron chi connectivity index (χ4n) is 2.42.